The van der Waals surface area contributed by atoms with Gasteiger partial charge in [0.2, 0.25) is 0 Å². The van der Waals surface area contributed by atoms with Gasteiger partial charge in [-0.1, -0.05) is 155 Å². The fourth-order valence-electron chi connectivity index (χ4n) is 3.36. The lowest BCUT2D eigenvalue weighted by Crippen LogP contribution is -1.99. The molecule has 0 saturated carbocycles. The Balaban J connectivity index is 1.98. The summed E-state index contributed by atoms with van der Waals surface area (Å²) >= 11 is 30.4. The summed E-state index contributed by atoms with van der Waals surface area (Å²) in [5, 5.41) is 0.935. The molecular formula is C23H35Cl5O. The Morgan fingerprint density at radius 3 is 1.14 bits per heavy atom. The molecule has 6 heteroatoms. The topological polar surface area (TPSA) is 9.23 Å². The Labute approximate surface area is 202 Å². The van der Waals surface area contributed by atoms with E-state index in [0.717, 1.165) is 12.8 Å². The Morgan fingerprint density at radius 1 is 0.448 bits per heavy atom. The van der Waals surface area contributed by atoms with Crippen LogP contribution in [0.3, 0.4) is 0 Å². The van der Waals surface area contributed by atoms with Gasteiger partial charge in [-0.05, 0) is 6.42 Å². The minimum atomic E-state index is 0.155. The first kappa shape index (κ1) is 27.5. The molecule has 1 rings (SSSR count). The quantitative estimate of drug-likeness (QED) is 0.116. The van der Waals surface area contributed by atoms with Crippen LogP contribution in [0.4, 0.5) is 0 Å². The third-order valence-electron chi connectivity index (χ3n) is 5.16. The van der Waals surface area contributed by atoms with Gasteiger partial charge < -0.3 is 4.74 Å². The van der Waals surface area contributed by atoms with Crippen molar-refractivity contribution < 1.29 is 4.74 Å². The van der Waals surface area contributed by atoms with Crippen molar-refractivity contribution in [2.75, 3.05) is 6.61 Å². The summed E-state index contributed by atoms with van der Waals surface area (Å²) in [6.07, 6.45) is 19.9. The zero-order chi connectivity index (χ0) is 21.5. The van der Waals surface area contributed by atoms with E-state index in [0.29, 0.717) is 12.4 Å². The fourth-order valence-corrected chi connectivity index (χ4v) is 4.59. The smallest absolute Gasteiger partial charge is 0.159 e. The molecular weight excluding hydrogens is 470 g/mol. The molecule has 0 bridgehead atoms. The van der Waals surface area contributed by atoms with Crippen LogP contribution in [-0.4, -0.2) is 6.61 Å². The molecule has 0 aliphatic carbocycles. The van der Waals surface area contributed by atoms with Gasteiger partial charge >= 0.3 is 0 Å². The molecule has 0 aromatic heterocycles. The van der Waals surface area contributed by atoms with Gasteiger partial charge in [0, 0.05) is 0 Å². The van der Waals surface area contributed by atoms with Crippen LogP contribution in [0.5, 0.6) is 5.75 Å². The molecule has 1 nitrogen and oxygen atoms in total. The molecule has 0 radical (unpaired) electrons. The molecule has 29 heavy (non-hydrogen) atoms. The highest BCUT2D eigenvalue weighted by atomic mass is 35.5. The third-order valence-corrected chi connectivity index (χ3v) is 7.41. The number of hydrogen-bond acceptors (Lipinski definition) is 1. The van der Waals surface area contributed by atoms with Gasteiger partial charge in [0.15, 0.2) is 5.75 Å². The molecule has 0 unspecified atom stereocenters. The van der Waals surface area contributed by atoms with Gasteiger partial charge in [-0.15, -0.1) is 0 Å². The molecule has 0 spiro atoms. The van der Waals surface area contributed by atoms with Crippen LogP contribution in [0, 0.1) is 0 Å². The number of unbranched alkanes of at least 4 members (excludes halogenated alkanes) is 14. The summed E-state index contributed by atoms with van der Waals surface area (Å²) in [4.78, 5) is 0. The summed E-state index contributed by atoms with van der Waals surface area (Å²) in [5.74, 6) is 0.318. The molecule has 0 fully saturated rings. The van der Waals surface area contributed by atoms with Gasteiger partial charge in [-0.2, -0.15) is 0 Å². The van der Waals surface area contributed by atoms with Crippen LogP contribution in [0.15, 0.2) is 0 Å². The number of rotatable bonds is 17. The van der Waals surface area contributed by atoms with E-state index in [4.69, 9.17) is 62.7 Å². The van der Waals surface area contributed by atoms with E-state index >= 15 is 0 Å². The SMILES string of the molecule is CCCCCCCCCCCCCCCCCOc1c(Cl)c(Cl)c(Cl)c(Cl)c1Cl. The molecule has 1 aromatic rings. The normalized spacial score (nSPS) is 11.2. The van der Waals surface area contributed by atoms with E-state index in [9.17, 15) is 0 Å². The monoisotopic (exact) mass is 502 g/mol. The summed E-state index contributed by atoms with van der Waals surface area (Å²) in [5.41, 5.74) is 0. The molecule has 1 aromatic carbocycles. The van der Waals surface area contributed by atoms with E-state index in [-0.39, 0.29) is 25.1 Å². The second-order valence-corrected chi connectivity index (χ2v) is 9.59. The minimum Gasteiger partial charge on any atom is -0.490 e. The molecule has 0 amide bonds. The highest BCUT2D eigenvalue weighted by molar-refractivity contribution is 6.55. The number of hydrogen-bond donors (Lipinski definition) is 0. The predicted molar refractivity (Wildman–Crippen MR) is 132 cm³/mol. The van der Waals surface area contributed by atoms with E-state index < -0.39 is 0 Å². The first-order valence-electron chi connectivity index (χ1n) is 11.1. The zero-order valence-electron chi connectivity index (χ0n) is 17.6. The van der Waals surface area contributed by atoms with Crippen molar-refractivity contribution in [3.63, 3.8) is 0 Å². The van der Waals surface area contributed by atoms with Crippen LogP contribution < -0.4 is 4.74 Å². The van der Waals surface area contributed by atoms with E-state index in [1.54, 1.807) is 0 Å². The second-order valence-electron chi connectivity index (χ2n) is 7.70. The molecule has 0 aliphatic heterocycles. The Hall–Kier alpha value is 0.470. The highest BCUT2D eigenvalue weighted by Crippen LogP contribution is 2.48. The molecule has 0 N–H and O–H groups in total. The number of benzene rings is 1. The lowest BCUT2D eigenvalue weighted by molar-refractivity contribution is 0.304. The van der Waals surface area contributed by atoms with Crippen molar-refractivity contribution in [2.45, 2.75) is 103 Å². The third kappa shape index (κ3) is 11.1. The van der Waals surface area contributed by atoms with Gasteiger partial charge in [0.05, 0.1) is 21.7 Å². The Morgan fingerprint density at radius 2 is 0.759 bits per heavy atom. The van der Waals surface area contributed by atoms with E-state index in [1.807, 2.05) is 0 Å². The minimum absolute atomic E-state index is 0.155. The van der Waals surface area contributed by atoms with Crippen LogP contribution in [0.2, 0.25) is 25.1 Å². The Bertz CT molecular complexity index is 548. The van der Waals surface area contributed by atoms with Crippen molar-refractivity contribution in [3.8, 4) is 5.75 Å². The standard InChI is InChI=1S/C23H35Cl5O/c1-2-3-4-5-6-7-8-9-10-11-12-13-14-15-16-17-29-23-21(27)19(25)18(24)20(26)22(23)28/h2-17H2,1H3. The maximum absolute atomic E-state index is 6.16. The van der Waals surface area contributed by atoms with Crippen molar-refractivity contribution in [2.24, 2.45) is 0 Å². The molecule has 168 valence electrons. The first-order chi connectivity index (χ1) is 14.0. The maximum Gasteiger partial charge on any atom is 0.159 e. The van der Waals surface area contributed by atoms with E-state index in [2.05, 4.69) is 6.92 Å². The average Bonchev–Trinajstić information content (AvgIpc) is 2.72. The van der Waals surface area contributed by atoms with Crippen LogP contribution in [-0.2, 0) is 0 Å². The summed E-state index contributed by atoms with van der Waals surface area (Å²) in [6, 6.07) is 0. The molecule has 0 saturated heterocycles. The lowest BCUT2D eigenvalue weighted by atomic mass is 10.0. The van der Waals surface area contributed by atoms with Crippen LogP contribution >= 0.6 is 58.0 Å². The second kappa shape index (κ2) is 17.1. The fraction of sp³-hybridized carbons (Fsp3) is 0.739. The van der Waals surface area contributed by atoms with E-state index in [1.165, 1.54) is 83.5 Å². The summed E-state index contributed by atoms with van der Waals surface area (Å²) in [7, 11) is 0. The van der Waals surface area contributed by atoms with Gasteiger partial charge in [0.1, 0.15) is 10.0 Å². The average molecular weight is 505 g/mol. The van der Waals surface area contributed by atoms with Crippen molar-refractivity contribution in [1.29, 1.82) is 0 Å². The molecule has 0 heterocycles. The number of ether oxygens (including phenoxy) is 1. The van der Waals surface area contributed by atoms with Crippen molar-refractivity contribution in [3.05, 3.63) is 25.1 Å². The molecule has 0 atom stereocenters. The highest BCUT2D eigenvalue weighted by Gasteiger charge is 2.20. The van der Waals surface area contributed by atoms with Gasteiger partial charge in [0.25, 0.3) is 0 Å². The summed E-state index contributed by atoms with van der Waals surface area (Å²) in [6.45, 7) is 2.81. The largest absolute Gasteiger partial charge is 0.490 e. The predicted octanol–water partition coefficient (Wildman–Crippen LogP) is 11.2. The Kier molecular flexibility index (Phi) is 16.2. The van der Waals surface area contributed by atoms with Crippen LogP contribution in [0.25, 0.3) is 0 Å². The van der Waals surface area contributed by atoms with Crippen molar-refractivity contribution >= 4 is 58.0 Å². The van der Waals surface area contributed by atoms with Gasteiger partial charge in [-0.25, -0.2) is 0 Å². The first-order valence-corrected chi connectivity index (χ1v) is 13.0. The molecule has 0 aliphatic rings. The van der Waals surface area contributed by atoms with Gasteiger partial charge in [-0.3, -0.25) is 0 Å². The van der Waals surface area contributed by atoms with Crippen LogP contribution in [0.1, 0.15) is 103 Å². The maximum atomic E-state index is 6.16. The number of halogens is 5. The zero-order valence-corrected chi connectivity index (χ0v) is 21.4. The summed E-state index contributed by atoms with van der Waals surface area (Å²) < 4.78 is 5.71. The van der Waals surface area contributed by atoms with Crippen molar-refractivity contribution in [1.82, 2.24) is 0 Å². The lowest BCUT2D eigenvalue weighted by Gasteiger charge is -2.13.